The molecular weight excluding hydrogens is 256 g/mol. The van der Waals surface area contributed by atoms with E-state index in [0.29, 0.717) is 6.61 Å². The van der Waals surface area contributed by atoms with Crippen LogP contribution in [0.2, 0.25) is 0 Å². The first kappa shape index (κ1) is 12.6. The maximum absolute atomic E-state index is 12.1. The number of ketones is 1. The number of carbonyl (C=O) groups is 1. The zero-order chi connectivity index (χ0) is 13.1. The van der Waals surface area contributed by atoms with Crippen LogP contribution in [-0.4, -0.2) is 12.4 Å². The number of aryl methyl sites for hydroxylation is 2. The van der Waals surface area contributed by atoms with Gasteiger partial charge in [-0.05, 0) is 47.9 Å². The predicted molar refractivity (Wildman–Crippen MR) is 76.8 cm³/mol. The Morgan fingerprint density at radius 3 is 2.95 bits per heavy atom. The number of thiophene rings is 1. The highest BCUT2D eigenvalue weighted by molar-refractivity contribution is 7.09. The molecule has 1 aromatic heterocycles. The molecule has 0 N–H and O–H groups in total. The average molecular weight is 272 g/mol. The molecular formula is C16H16O2S. The van der Waals surface area contributed by atoms with Gasteiger partial charge >= 0.3 is 0 Å². The summed E-state index contributed by atoms with van der Waals surface area (Å²) in [4.78, 5) is 13.2. The summed E-state index contributed by atoms with van der Waals surface area (Å²) < 4.78 is 5.47. The fourth-order valence-electron chi connectivity index (χ4n) is 2.47. The minimum Gasteiger partial charge on any atom is -0.368 e. The van der Waals surface area contributed by atoms with Gasteiger partial charge in [-0.2, -0.15) is 0 Å². The van der Waals surface area contributed by atoms with E-state index in [1.54, 1.807) is 11.3 Å². The lowest BCUT2D eigenvalue weighted by Gasteiger charge is -2.05. The van der Waals surface area contributed by atoms with Crippen molar-refractivity contribution in [1.82, 2.24) is 0 Å². The number of hydrogen-bond acceptors (Lipinski definition) is 3. The van der Waals surface area contributed by atoms with Crippen LogP contribution in [0.15, 0.2) is 35.7 Å². The summed E-state index contributed by atoms with van der Waals surface area (Å²) in [5, 5.41) is 2.01. The van der Waals surface area contributed by atoms with Gasteiger partial charge in [0, 0.05) is 10.4 Å². The summed E-state index contributed by atoms with van der Waals surface area (Å²) in [7, 11) is 0. The molecule has 98 valence electrons. The summed E-state index contributed by atoms with van der Waals surface area (Å²) in [6.45, 7) is 0.686. The summed E-state index contributed by atoms with van der Waals surface area (Å²) in [6.07, 6.45) is 3.47. The van der Waals surface area contributed by atoms with Crippen LogP contribution in [0.4, 0.5) is 0 Å². The molecule has 3 rings (SSSR count). The second-order valence-electron chi connectivity index (χ2n) is 4.83. The zero-order valence-electron chi connectivity index (χ0n) is 10.7. The highest BCUT2D eigenvalue weighted by atomic mass is 32.1. The lowest BCUT2D eigenvalue weighted by atomic mass is 10.0. The lowest BCUT2D eigenvalue weighted by molar-refractivity contribution is 0.0731. The van der Waals surface area contributed by atoms with E-state index in [0.717, 1.165) is 23.3 Å². The van der Waals surface area contributed by atoms with Gasteiger partial charge in [0.25, 0.3) is 0 Å². The second kappa shape index (κ2) is 5.68. The van der Waals surface area contributed by atoms with E-state index in [2.05, 4.69) is 6.07 Å². The molecule has 0 fully saturated rings. The Morgan fingerprint density at radius 2 is 2.11 bits per heavy atom. The maximum Gasteiger partial charge on any atom is 0.188 e. The molecule has 0 radical (unpaired) electrons. The van der Waals surface area contributed by atoms with E-state index in [1.807, 2.05) is 29.6 Å². The van der Waals surface area contributed by atoms with Crippen molar-refractivity contribution < 1.29 is 9.53 Å². The average Bonchev–Trinajstić information content (AvgIpc) is 3.08. The topological polar surface area (TPSA) is 26.3 Å². The van der Waals surface area contributed by atoms with Gasteiger partial charge in [0.1, 0.15) is 6.61 Å². The largest absolute Gasteiger partial charge is 0.368 e. The zero-order valence-corrected chi connectivity index (χ0v) is 11.5. The van der Waals surface area contributed by atoms with E-state index in [9.17, 15) is 4.79 Å². The predicted octanol–water partition coefficient (Wildman–Crippen LogP) is 3.64. The molecule has 2 aromatic rings. The molecule has 0 amide bonds. The maximum atomic E-state index is 12.1. The van der Waals surface area contributed by atoms with Gasteiger partial charge in [-0.15, -0.1) is 11.3 Å². The van der Waals surface area contributed by atoms with E-state index < -0.39 is 0 Å². The van der Waals surface area contributed by atoms with E-state index >= 15 is 0 Å². The van der Waals surface area contributed by atoms with Gasteiger partial charge in [-0.25, -0.2) is 0 Å². The van der Waals surface area contributed by atoms with Crippen molar-refractivity contribution in [3.63, 3.8) is 0 Å². The molecule has 0 spiro atoms. The Kier molecular flexibility index (Phi) is 3.76. The van der Waals surface area contributed by atoms with Gasteiger partial charge in [-0.1, -0.05) is 18.2 Å². The van der Waals surface area contributed by atoms with Crippen molar-refractivity contribution in [2.24, 2.45) is 0 Å². The Balaban J connectivity index is 1.58. The van der Waals surface area contributed by atoms with Gasteiger partial charge in [0.15, 0.2) is 5.78 Å². The van der Waals surface area contributed by atoms with Crippen molar-refractivity contribution in [2.45, 2.75) is 25.9 Å². The number of fused-ring (bicyclic) bond motifs is 1. The molecule has 1 aliphatic carbocycles. The number of ether oxygens (including phenoxy) is 1. The van der Waals surface area contributed by atoms with Crippen molar-refractivity contribution in [2.75, 3.05) is 6.61 Å². The molecule has 1 heterocycles. The minimum atomic E-state index is 0.0752. The first-order valence-corrected chi connectivity index (χ1v) is 7.46. The minimum absolute atomic E-state index is 0.0752. The van der Waals surface area contributed by atoms with Gasteiger partial charge < -0.3 is 4.74 Å². The van der Waals surface area contributed by atoms with Crippen LogP contribution in [0.1, 0.15) is 32.8 Å². The molecule has 1 aliphatic rings. The Morgan fingerprint density at radius 1 is 1.21 bits per heavy atom. The second-order valence-corrected chi connectivity index (χ2v) is 5.86. The monoisotopic (exact) mass is 272 g/mol. The molecule has 0 bridgehead atoms. The molecule has 0 saturated carbocycles. The highest BCUT2D eigenvalue weighted by Gasteiger charge is 2.13. The highest BCUT2D eigenvalue weighted by Crippen LogP contribution is 2.23. The van der Waals surface area contributed by atoms with Crippen LogP contribution in [0.5, 0.6) is 0 Å². The van der Waals surface area contributed by atoms with Crippen LogP contribution in [0, 0.1) is 0 Å². The van der Waals surface area contributed by atoms with Crippen molar-refractivity contribution in [3.05, 3.63) is 57.3 Å². The molecule has 0 atom stereocenters. The number of hydrogen-bond donors (Lipinski definition) is 0. The van der Waals surface area contributed by atoms with Crippen molar-refractivity contribution >= 4 is 17.1 Å². The summed E-state index contributed by atoms with van der Waals surface area (Å²) in [5.74, 6) is 0.0752. The molecule has 1 aromatic carbocycles. The normalized spacial score (nSPS) is 13.5. The Bertz CT molecular complexity index is 572. The summed E-state index contributed by atoms with van der Waals surface area (Å²) in [5.41, 5.74) is 3.52. The molecule has 0 saturated heterocycles. The number of benzene rings is 1. The summed E-state index contributed by atoms with van der Waals surface area (Å²) in [6, 6.07) is 10.1. The Hall–Kier alpha value is -1.45. The number of carbonyl (C=O) groups excluding carboxylic acids is 1. The van der Waals surface area contributed by atoms with Crippen molar-refractivity contribution in [1.29, 1.82) is 0 Å². The molecule has 19 heavy (non-hydrogen) atoms. The quantitative estimate of drug-likeness (QED) is 0.777. The first-order chi connectivity index (χ1) is 9.33. The smallest absolute Gasteiger partial charge is 0.188 e. The van der Waals surface area contributed by atoms with Crippen molar-refractivity contribution in [3.8, 4) is 0 Å². The van der Waals surface area contributed by atoms with Crippen LogP contribution >= 0.6 is 11.3 Å². The summed E-state index contributed by atoms with van der Waals surface area (Å²) >= 11 is 1.65. The van der Waals surface area contributed by atoms with Gasteiger partial charge in [0.05, 0.1) is 6.61 Å². The van der Waals surface area contributed by atoms with E-state index in [4.69, 9.17) is 4.74 Å². The van der Waals surface area contributed by atoms with E-state index in [-0.39, 0.29) is 12.4 Å². The molecule has 2 nitrogen and oxygen atoms in total. The first-order valence-electron chi connectivity index (χ1n) is 6.58. The van der Waals surface area contributed by atoms with Gasteiger partial charge in [0.2, 0.25) is 0 Å². The third-order valence-corrected chi connectivity index (χ3v) is 4.33. The fourth-order valence-corrected chi connectivity index (χ4v) is 3.11. The Labute approximate surface area is 117 Å². The molecule has 3 heteroatoms. The number of rotatable bonds is 5. The van der Waals surface area contributed by atoms with Crippen LogP contribution in [0.3, 0.4) is 0 Å². The van der Waals surface area contributed by atoms with E-state index in [1.165, 1.54) is 17.5 Å². The SMILES string of the molecule is O=C(COCc1cccs1)c1ccc2c(c1)CCC2. The third kappa shape index (κ3) is 2.94. The van der Waals surface area contributed by atoms with Gasteiger partial charge in [-0.3, -0.25) is 4.79 Å². The van der Waals surface area contributed by atoms with Crippen LogP contribution in [-0.2, 0) is 24.2 Å². The molecule has 0 unspecified atom stereocenters. The third-order valence-electron chi connectivity index (χ3n) is 3.48. The standard InChI is InChI=1S/C16H16O2S/c17-16(11-18-10-15-5-2-8-19-15)14-7-6-12-3-1-4-13(12)9-14/h2,5-9H,1,3-4,10-11H2. The van der Waals surface area contributed by atoms with Crippen LogP contribution in [0.25, 0.3) is 0 Å². The number of Topliss-reactive ketones (excluding diaryl/α,β-unsaturated/α-hetero) is 1. The van der Waals surface area contributed by atoms with Crippen LogP contribution < -0.4 is 0 Å². The lowest BCUT2D eigenvalue weighted by Crippen LogP contribution is -2.09. The fraction of sp³-hybridized carbons (Fsp3) is 0.312. The molecule has 0 aliphatic heterocycles.